The minimum Gasteiger partial charge on any atom is -0.353 e. The number of carbonyl (C=O) groups is 1. The topological polar surface area (TPSA) is 89.3 Å². The van der Waals surface area contributed by atoms with Crippen LogP contribution in [0.5, 0.6) is 0 Å². The Kier molecular flexibility index (Phi) is 3.79. The highest BCUT2D eigenvalue weighted by atomic mass is 32.2. The van der Waals surface area contributed by atoms with E-state index in [0.717, 1.165) is 25.7 Å². The Morgan fingerprint density at radius 1 is 1.10 bits per heavy atom. The van der Waals surface area contributed by atoms with Gasteiger partial charge in [-0.05, 0) is 43.9 Å². The molecule has 0 aromatic heterocycles. The fourth-order valence-corrected chi connectivity index (χ4v) is 6.05. The third-order valence-corrected chi connectivity index (χ3v) is 7.06. The average Bonchev–Trinajstić information content (AvgIpc) is 2.71. The molecule has 3 atom stereocenters. The molecule has 1 amide bonds. The number of carbonyl (C=O) groups excluding carboxylic acids is 1. The summed E-state index contributed by atoms with van der Waals surface area (Å²) in [5.41, 5.74) is 6.08. The molecule has 3 fully saturated rings. The van der Waals surface area contributed by atoms with Crippen LogP contribution in [-0.4, -0.2) is 37.9 Å². The first-order valence-corrected chi connectivity index (χ1v) is 9.53. The summed E-state index contributed by atoms with van der Waals surface area (Å²) in [4.78, 5) is 12.3. The maximum absolute atomic E-state index is 12.3. The van der Waals surface area contributed by atoms with Crippen LogP contribution in [0.15, 0.2) is 0 Å². The SMILES string of the molecule is NC1CC2CCCC(C1)C2NC(=O)C1CCS(=O)(=O)C1. The van der Waals surface area contributed by atoms with Crippen LogP contribution in [0, 0.1) is 17.8 Å². The standard InChI is InChI=1S/C14H24N2O3S/c15-12-6-9-2-1-3-10(7-12)13(9)16-14(17)11-4-5-20(18,19)8-11/h9-13H,1-8,15H2,(H,16,17). The van der Waals surface area contributed by atoms with E-state index in [0.29, 0.717) is 18.3 Å². The second-order valence-corrected chi connectivity index (χ2v) is 9.05. The molecule has 3 N–H and O–H groups in total. The number of nitrogens with two attached hydrogens (primary N) is 1. The number of hydrogen-bond acceptors (Lipinski definition) is 4. The monoisotopic (exact) mass is 300 g/mol. The van der Waals surface area contributed by atoms with Gasteiger partial charge in [0.2, 0.25) is 5.91 Å². The molecule has 0 spiro atoms. The van der Waals surface area contributed by atoms with Crippen molar-refractivity contribution < 1.29 is 13.2 Å². The van der Waals surface area contributed by atoms with Crippen LogP contribution in [0.3, 0.4) is 0 Å². The Hall–Kier alpha value is -0.620. The fourth-order valence-electron chi connectivity index (χ4n) is 4.31. The molecule has 1 heterocycles. The van der Waals surface area contributed by atoms with Crippen LogP contribution < -0.4 is 11.1 Å². The van der Waals surface area contributed by atoms with E-state index in [1.54, 1.807) is 0 Å². The van der Waals surface area contributed by atoms with Gasteiger partial charge in [-0.3, -0.25) is 4.79 Å². The Morgan fingerprint density at radius 3 is 2.30 bits per heavy atom. The zero-order valence-corrected chi connectivity index (χ0v) is 12.6. The molecule has 2 bridgehead atoms. The Morgan fingerprint density at radius 2 is 1.75 bits per heavy atom. The first-order chi connectivity index (χ1) is 9.44. The second kappa shape index (κ2) is 5.30. The van der Waals surface area contributed by atoms with Gasteiger partial charge < -0.3 is 11.1 Å². The summed E-state index contributed by atoms with van der Waals surface area (Å²) in [6.07, 6.45) is 5.97. The Bertz CT molecular complexity index is 477. The molecule has 20 heavy (non-hydrogen) atoms. The van der Waals surface area contributed by atoms with E-state index in [4.69, 9.17) is 5.73 Å². The van der Waals surface area contributed by atoms with Gasteiger partial charge in [0.15, 0.2) is 9.84 Å². The van der Waals surface area contributed by atoms with Crippen molar-refractivity contribution in [2.75, 3.05) is 11.5 Å². The summed E-state index contributed by atoms with van der Waals surface area (Å²) in [5.74, 6) is 0.771. The van der Waals surface area contributed by atoms with Crippen LogP contribution in [0.1, 0.15) is 38.5 Å². The highest BCUT2D eigenvalue weighted by Gasteiger charge is 2.41. The van der Waals surface area contributed by atoms with E-state index >= 15 is 0 Å². The normalized spacial score (nSPS) is 43.1. The highest BCUT2D eigenvalue weighted by Crippen LogP contribution is 2.39. The number of nitrogens with one attached hydrogen (secondary N) is 1. The largest absolute Gasteiger partial charge is 0.353 e. The third kappa shape index (κ3) is 2.86. The zero-order valence-electron chi connectivity index (χ0n) is 11.8. The van der Waals surface area contributed by atoms with Crippen molar-refractivity contribution in [1.29, 1.82) is 0 Å². The summed E-state index contributed by atoms with van der Waals surface area (Å²) in [6, 6.07) is 0.490. The quantitative estimate of drug-likeness (QED) is 0.774. The lowest BCUT2D eigenvalue weighted by Crippen LogP contribution is -2.54. The first-order valence-electron chi connectivity index (χ1n) is 7.71. The molecule has 3 aliphatic rings. The summed E-state index contributed by atoms with van der Waals surface area (Å²) >= 11 is 0. The smallest absolute Gasteiger partial charge is 0.224 e. The Balaban J connectivity index is 1.64. The van der Waals surface area contributed by atoms with Crippen molar-refractivity contribution in [3.8, 4) is 0 Å². The molecule has 6 heteroatoms. The summed E-state index contributed by atoms with van der Waals surface area (Å²) in [6.45, 7) is 0. The lowest BCUT2D eigenvalue weighted by Gasteiger charge is -2.45. The molecular weight excluding hydrogens is 276 g/mol. The summed E-state index contributed by atoms with van der Waals surface area (Å²) < 4.78 is 23.0. The van der Waals surface area contributed by atoms with Crippen LogP contribution in [0.2, 0.25) is 0 Å². The van der Waals surface area contributed by atoms with E-state index in [1.807, 2.05) is 0 Å². The second-order valence-electron chi connectivity index (χ2n) is 6.82. The van der Waals surface area contributed by atoms with Crippen LogP contribution >= 0.6 is 0 Å². The van der Waals surface area contributed by atoms with E-state index in [2.05, 4.69) is 5.32 Å². The predicted molar refractivity (Wildman–Crippen MR) is 76.7 cm³/mol. The maximum atomic E-state index is 12.3. The molecule has 3 rings (SSSR count). The minimum atomic E-state index is -2.99. The molecule has 2 aliphatic carbocycles. The molecule has 0 aromatic rings. The molecule has 3 unspecified atom stereocenters. The molecule has 0 aromatic carbocycles. The van der Waals surface area contributed by atoms with Crippen molar-refractivity contribution in [2.24, 2.45) is 23.5 Å². The third-order valence-electron chi connectivity index (χ3n) is 5.29. The molecule has 5 nitrogen and oxygen atoms in total. The molecule has 0 radical (unpaired) electrons. The molecule has 2 saturated carbocycles. The van der Waals surface area contributed by atoms with Crippen molar-refractivity contribution in [1.82, 2.24) is 5.32 Å². The molecule has 114 valence electrons. The molecular formula is C14H24N2O3S. The van der Waals surface area contributed by atoms with E-state index in [9.17, 15) is 13.2 Å². The molecule has 1 saturated heterocycles. The van der Waals surface area contributed by atoms with Gasteiger partial charge >= 0.3 is 0 Å². The van der Waals surface area contributed by atoms with Gasteiger partial charge in [-0.2, -0.15) is 0 Å². The summed E-state index contributed by atoms with van der Waals surface area (Å²) in [5, 5.41) is 3.16. The number of amides is 1. The fraction of sp³-hybridized carbons (Fsp3) is 0.929. The van der Waals surface area contributed by atoms with Crippen molar-refractivity contribution >= 4 is 15.7 Å². The van der Waals surface area contributed by atoms with Crippen molar-refractivity contribution in [3.05, 3.63) is 0 Å². The predicted octanol–water partition coefficient (Wildman–Crippen LogP) is 0.443. The van der Waals surface area contributed by atoms with Gasteiger partial charge in [-0.25, -0.2) is 8.42 Å². The van der Waals surface area contributed by atoms with Crippen LogP contribution in [-0.2, 0) is 14.6 Å². The highest BCUT2D eigenvalue weighted by molar-refractivity contribution is 7.91. The minimum absolute atomic E-state index is 0.0282. The zero-order chi connectivity index (χ0) is 14.3. The van der Waals surface area contributed by atoms with Gasteiger partial charge in [0.1, 0.15) is 0 Å². The van der Waals surface area contributed by atoms with Crippen LogP contribution in [0.25, 0.3) is 0 Å². The van der Waals surface area contributed by atoms with Gasteiger partial charge in [0, 0.05) is 12.1 Å². The van der Waals surface area contributed by atoms with Crippen LogP contribution in [0.4, 0.5) is 0 Å². The lowest BCUT2D eigenvalue weighted by molar-refractivity contribution is -0.126. The Labute approximate surface area is 120 Å². The number of fused-ring (bicyclic) bond motifs is 2. The van der Waals surface area contributed by atoms with Gasteiger partial charge in [0.25, 0.3) is 0 Å². The van der Waals surface area contributed by atoms with Crippen molar-refractivity contribution in [3.63, 3.8) is 0 Å². The number of sulfone groups is 1. The van der Waals surface area contributed by atoms with E-state index in [-0.39, 0.29) is 35.4 Å². The van der Waals surface area contributed by atoms with Gasteiger partial charge in [0.05, 0.1) is 17.4 Å². The van der Waals surface area contributed by atoms with E-state index < -0.39 is 9.84 Å². The summed E-state index contributed by atoms with van der Waals surface area (Å²) in [7, 11) is -2.99. The first kappa shape index (κ1) is 14.3. The van der Waals surface area contributed by atoms with Gasteiger partial charge in [-0.15, -0.1) is 0 Å². The number of hydrogen-bond donors (Lipinski definition) is 2. The number of rotatable bonds is 2. The van der Waals surface area contributed by atoms with Gasteiger partial charge in [-0.1, -0.05) is 6.42 Å². The van der Waals surface area contributed by atoms with Crippen molar-refractivity contribution in [2.45, 2.75) is 50.6 Å². The molecule has 1 aliphatic heterocycles. The lowest BCUT2D eigenvalue weighted by atomic mass is 9.67. The van der Waals surface area contributed by atoms with E-state index in [1.165, 1.54) is 6.42 Å². The average molecular weight is 300 g/mol. The maximum Gasteiger partial charge on any atom is 0.224 e.